The predicted octanol–water partition coefficient (Wildman–Crippen LogP) is 1.76. The maximum absolute atomic E-state index is 12.0. The van der Waals surface area contributed by atoms with Gasteiger partial charge < -0.3 is 10.4 Å². The maximum atomic E-state index is 12.0. The highest BCUT2D eigenvalue weighted by atomic mass is 32.1. The van der Waals surface area contributed by atoms with Gasteiger partial charge in [0.2, 0.25) is 5.13 Å². The topological polar surface area (TPSA) is 100 Å². The summed E-state index contributed by atoms with van der Waals surface area (Å²) in [4.78, 5) is 16.2. The molecule has 2 heterocycles. The number of pyridine rings is 1. The number of aromatic nitrogens is 3. The molecule has 1 aliphatic carbocycles. The minimum absolute atomic E-state index is 0.222. The third kappa shape index (κ3) is 3.58. The van der Waals surface area contributed by atoms with Crippen molar-refractivity contribution in [1.82, 2.24) is 15.2 Å². The fourth-order valence-corrected chi connectivity index (χ4v) is 2.68. The molecule has 3 rings (SSSR count). The van der Waals surface area contributed by atoms with Crippen molar-refractivity contribution < 1.29 is 9.90 Å². The first-order valence-corrected chi connectivity index (χ1v) is 7.97. The Morgan fingerprint density at radius 2 is 2.27 bits per heavy atom. The molecule has 8 heteroatoms. The highest BCUT2D eigenvalue weighted by Gasteiger charge is 2.41. The van der Waals surface area contributed by atoms with Crippen molar-refractivity contribution in [3.8, 4) is 0 Å². The zero-order chi connectivity index (χ0) is 15.4. The molecule has 7 nitrogen and oxygen atoms in total. The van der Waals surface area contributed by atoms with E-state index in [9.17, 15) is 4.79 Å². The largest absolute Gasteiger partial charge is 0.396 e. The molecule has 1 fully saturated rings. The molecule has 22 heavy (non-hydrogen) atoms. The lowest BCUT2D eigenvalue weighted by Crippen LogP contribution is -2.17. The molecular weight excluding hydrogens is 302 g/mol. The zero-order valence-electron chi connectivity index (χ0n) is 12.0. The average molecular weight is 319 g/mol. The zero-order valence-corrected chi connectivity index (χ0v) is 12.8. The Balaban J connectivity index is 1.55. The number of anilines is 2. The second kappa shape index (κ2) is 6.37. The van der Waals surface area contributed by atoms with Gasteiger partial charge in [0.25, 0.3) is 5.91 Å². The number of hydrogen-bond donors (Lipinski definition) is 3. The van der Waals surface area contributed by atoms with E-state index in [2.05, 4.69) is 25.8 Å². The van der Waals surface area contributed by atoms with Gasteiger partial charge >= 0.3 is 0 Å². The first kappa shape index (κ1) is 14.9. The molecule has 0 unspecified atom stereocenters. The molecule has 1 aliphatic rings. The third-order valence-electron chi connectivity index (χ3n) is 3.85. The van der Waals surface area contributed by atoms with Crippen LogP contribution in [-0.4, -0.2) is 39.3 Å². The van der Waals surface area contributed by atoms with Crippen molar-refractivity contribution >= 4 is 28.2 Å². The van der Waals surface area contributed by atoms with Gasteiger partial charge in [0.15, 0.2) is 0 Å². The van der Waals surface area contributed by atoms with Crippen LogP contribution >= 0.6 is 11.3 Å². The summed E-state index contributed by atoms with van der Waals surface area (Å²) in [6, 6.07) is 3.50. The molecular formula is C14H17N5O2S. The van der Waals surface area contributed by atoms with Crippen LogP contribution in [0.5, 0.6) is 0 Å². The number of aliphatic hydroxyl groups is 1. The molecule has 3 N–H and O–H groups in total. The number of nitrogens with one attached hydrogen (secondary N) is 2. The average Bonchev–Trinajstić information content (AvgIpc) is 3.10. The molecule has 0 spiro atoms. The Labute approximate surface area is 131 Å². The molecule has 0 aromatic carbocycles. The van der Waals surface area contributed by atoms with Gasteiger partial charge in [-0.1, -0.05) is 11.3 Å². The van der Waals surface area contributed by atoms with E-state index in [1.807, 2.05) is 0 Å². The van der Waals surface area contributed by atoms with Gasteiger partial charge in [0.1, 0.15) is 11.3 Å². The third-order valence-corrected chi connectivity index (χ3v) is 4.46. The number of carbonyl (C=O) groups is 1. The minimum Gasteiger partial charge on any atom is -0.396 e. The SMILES string of the molecule is O=C(Nc1nncs1)c1ccc(NCC2(CCO)CC2)nc1. The second-order valence-electron chi connectivity index (χ2n) is 5.46. The molecule has 0 radical (unpaired) electrons. The van der Waals surface area contributed by atoms with E-state index in [1.165, 1.54) is 17.5 Å². The van der Waals surface area contributed by atoms with Crippen LogP contribution < -0.4 is 10.6 Å². The quantitative estimate of drug-likeness (QED) is 0.719. The Morgan fingerprint density at radius 1 is 1.41 bits per heavy atom. The van der Waals surface area contributed by atoms with Crippen LogP contribution in [0.25, 0.3) is 0 Å². The van der Waals surface area contributed by atoms with E-state index in [0.29, 0.717) is 10.7 Å². The van der Waals surface area contributed by atoms with Crippen molar-refractivity contribution in [1.29, 1.82) is 0 Å². The summed E-state index contributed by atoms with van der Waals surface area (Å²) in [5.41, 5.74) is 2.25. The van der Waals surface area contributed by atoms with Crippen molar-refractivity contribution in [2.75, 3.05) is 23.8 Å². The Hall–Kier alpha value is -2.06. The monoisotopic (exact) mass is 319 g/mol. The van der Waals surface area contributed by atoms with E-state index in [0.717, 1.165) is 31.6 Å². The van der Waals surface area contributed by atoms with Crippen LogP contribution in [0.2, 0.25) is 0 Å². The van der Waals surface area contributed by atoms with Crippen LogP contribution in [0.1, 0.15) is 29.6 Å². The van der Waals surface area contributed by atoms with E-state index in [4.69, 9.17) is 5.11 Å². The molecule has 0 bridgehead atoms. The summed E-state index contributed by atoms with van der Waals surface area (Å²) in [5.74, 6) is 0.478. The van der Waals surface area contributed by atoms with E-state index >= 15 is 0 Å². The number of amides is 1. The number of hydrogen-bond acceptors (Lipinski definition) is 7. The van der Waals surface area contributed by atoms with Crippen molar-refractivity contribution in [2.45, 2.75) is 19.3 Å². The predicted molar refractivity (Wildman–Crippen MR) is 84.0 cm³/mol. The molecule has 1 amide bonds. The number of rotatable bonds is 7. The standard InChI is InChI=1S/C14H17N5O2S/c20-6-5-14(3-4-14)8-16-11-2-1-10(7-15-11)12(21)18-13-19-17-9-22-13/h1-2,7,9,20H,3-6,8H2,(H,15,16)(H,18,19,21). The van der Waals surface area contributed by atoms with Gasteiger partial charge in [0.05, 0.1) is 5.56 Å². The summed E-state index contributed by atoms with van der Waals surface area (Å²) < 4.78 is 0. The van der Waals surface area contributed by atoms with Gasteiger partial charge in [-0.3, -0.25) is 10.1 Å². The Morgan fingerprint density at radius 3 is 2.86 bits per heavy atom. The van der Waals surface area contributed by atoms with Gasteiger partial charge in [-0.15, -0.1) is 10.2 Å². The smallest absolute Gasteiger partial charge is 0.259 e. The van der Waals surface area contributed by atoms with Gasteiger partial charge in [0, 0.05) is 19.3 Å². The van der Waals surface area contributed by atoms with Gasteiger partial charge in [-0.25, -0.2) is 4.98 Å². The fourth-order valence-electron chi connectivity index (χ4n) is 2.24. The summed E-state index contributed by atoms with van der Waals surface area (Å²) >= 11 is 1.26. The van der Waals surface area contributed by atoms with Gasteiger partial charge in [-0.2, -0.15) is 0 Å². The highest BCUT2D eigenvalue weighted by Crippen LogP contribution is 2.48. The fraction of sp³-hybridized carbons (Fsp3) is 0.429. The van der Waals surface area contributed by atoms with E-state index in [-0.39, 0.29) is 17.9 Å². The normalized spacial score (nSPS) is 15.3. The number of carbonyl (C=O) groups excluding carboxylic acids is 1. The van der Waals surface area contributed by atoms with Crippen LogP contribution in [-0.2, 0) is 0 Å². The lowest BCUT2D eigenvalue weighted by atomic mass is 10.0. The van der Waals surface area contributed by atoms with Crippen LogP contribution in [0.4, 0.5) is 10.9 Å². The highest BCUT2D eigenvalue weighted by molar-refractivity contribution is 7.13. The van der Waals surface area contributed by atoms with Crippen molar-refractivity contribution in [2.24, 2.45) is 5.41 Å². The van der Waals surface area contributed by atoms with Crippen LogP contribution in [0.3, 0.4) is 0 Å². The summed E-state index contributed by atoms with van der Waals surface area (Å²) in [6.07, 6.45) is 4.64. The lowest BCUT2D eigenvalue weighted by molar-refractivity contribution is 0.102. The number of nitrogens with zero attached hydrogens (tertiary/aromatic N) is 3. The molecule has 0 atom stereocenters. The molecule has 2 aromatic heterocycles. The van der Waals surface area contributed by atoms with Crippen LogP contribution in [0.15, 0.2) is 23.8 Å². The Kier molecular flexibility index (Phi) is 4.30. The van der Waals surface area contributed by atoms with Gasteiger partial charge in [-0.05, 0) is 36.8 Å². The van der Waals surface area contributed by atoms with E-state index in [1.54, 1.807) is 17.6 Å². The molecule has 0 saturated heterocycles. The van der Waals surface area contributed by atoms with Crippen molar-refractivity contribution in [3.63, 3.8) is 0 Å². The van der Waals surface area contributed by atoms with E-state index < -0.39 is 0 Å². The molecule has 2 aromatic rings. The lowest BCUT2D eigenvalue weighted by Gasteiger charge is -2.15. The maximum Gasteiger partial charge on any atom is 0.259 e. The molecule has 116 valence electrons. The first-order valence-electron chi connectivity index (χ1n) is 7.09. The molecule has 1 saturated carbocycles. The second-order valence-corrected chi connectivity index (χ2v) is 6.29. The summed E-state index contributed by atoms with van der Waals surface area (Å²) in [6.45, 7) is 1.02. The molecule has 0 aliphatic heterocycles. The summed E-state index contributed by atoms with van der Waals surface area (Å²) in [5, 5.41) is 22.9. The first-order chi connectivity index (χ1) is 10.7. The van der Waals surface area contributed by atoms with Crippen molar-refractivity contribution in [3.05, 3.63) is 29.4 Å². The summed E-state index contributed by atoms with van der Waals surface area (Å²) in [7, 11) is 0. The van der Waals surface area contributed by atoms with Crippen LogP contribution in [0, 0.1) is 5.41 Å². The Bertz CT molecular complexity index is 625. The minimum atomic E-state index is -0.255. The number of aliphatic hydroxyl groups excluding tert-OH is 1.